The van der Waals surface area contributed by atoms with Crippen LogP contribution in [0.1, 0.15) is 16.7 Å². The molecule has 0 aliphatic carbocycles. The fourth-order valence-corrected chi connectivity index (χ4v) is 3.80. The zero-order chi connectivity index (χ0) is 20.6. The minimum absolute atomic E-state index is 0.00414. The van der Waals surface area contributed by atoms with E-state index >= 15 is 0 Å². The Balaban J connectivity index is 1.93. The average molecular weight is 488 g/mol. The van der Waals surface area contributed by atoms with Gasteiger partial charge in [-0.2, -0.15) is 0 Å². The first-order valence-electron chi connectivity index (χ1n) is 7.79. The molecule has 0 unspecified atom stereocenters. The van der Waals surface area contributed by atoms with Gasteiger partial charge >= 0.3 is 0 Å². The molecule has 1 aliphatic rings. The smallest absolute Gasteiger partial charge is 0.293 e. The minimum Gasteiger partial charge on any atom is -0.488 e. The van der Waals surface area contributed by atoms with Crippen LogP contribution in [0.2, 0.25) is 5.28 Å². The van der Waals surface area contributed by atoms with Crippen molar-refractivity contribution in [2.45, 2.75) is 13.5 Å². The summed E-state index contributed by atoms with van der Waals surface area (Å²) in [6, 6.07) is 1.57. The van der Waals surface area contributed by atoms with Crippen molar-refractivity contribution in [2.24, 2.45) is 0 Å². The van der Waals surface area contributed by atoms with E-state index in [-0.39, 0.29) is 38.4 Å². The van der Waals surface area contributed by atoms with Gasteiger partial charge in [0, 0.05) is 24.4 Å². The molecule has 0 spiro atoms. The van der Waals surface area contributed by atoms with Gasteiger partial charge in [-0.15, -0.1) is 0 Å². The number of carbonyl (C=O) groups excluding carboxylic acids is 2. The number of rotatable bonds is 4. The summed E-state index contributed by atoms with van der Waals surface area (Å²) in [5, 5.41) is -0.381. The Kier molecular flexibility index (Phi) is 5.92. The first kappa shape index (κ1) is 20.6. The van der Waals surface area contributed by atoms with Crippen molar-refractivity contribution in [3.05, 3.63) is 49.4 Å². The Morgan fingerprint density at radius 2 is 2.18 bits per heavy atom. The zero-order valence-electron chi connectivity index (χ0n) is 14.6. The van der Waals surface area contributed by atoms with E-state index in [1.54, 1.807) is 13.0 Å². The van der Waals surface area contributed by atoms with Gasteiger partial charge in [0.2, 0.25) is 5.28 Å². The first-order chi connectivity index (χ1) is 13.2. The number of anilines is 1. The van der Waals surface area contributed by atoms with Gasteiger partial charge in [0.1, 0.15) is 24.0 Å². The SMILES string of the molecule is Cc1c(OCc2cnc(Cl)nc2N)cc(/C=C2\SC(=O)N(C)C2=O)c(Br)c1F. The van der Waals surface area contributed by atoms with Gasteiger partial charge in [0.05, 0.1) is 9.38 Å². The maximum absolute atomic E-state index is 14.6. The second-order valence-electron chi connectivity index (χ2n) is 5.80. The molecule has 0 radical (unpaired) electrons. The average Bonchev–Trinajstić information content (AvgIpc) is 2.89. The molecule has 0 bridgehead atoms. The molecule has 11 heteroatoms. The van der Waals surface area contributed by atoms with Crippen molar-refractivity contribution in [3.8, 4) is 5.75 Å². The number of nitrogen functional groups attached to an aromatic ring is 1. The number of thioether (sulfide) groups is 1. The molecular formula is C17H13BrClFN4O3S. The Morgan fingerprint density at radius 3 is 2.79 bits per heavy atom. The number of nitrogens with zero attached hydrogens (tertiary/aromatic N) is 3. The van der Waals surface area contributed by atoms with Crippen molar-refractivity contribution < 1.29 is 18.7 Å². The van der Waals surface area contributed by atoms with E-state index in [4.69, 9.17) is 22.1 Å². The monoisotopic (exact) mass is 486 g/mol. The Hall–Kier alpha value is -2.17. The highest BCUT2D eigenvalue weighted by Gasteiger charge is 2.32. The molecule has 2 heterocycles. The number of carbonyl (C=O) groups is 2. The van der Waals surface area contributed by atoms with E-state index in [1.807, 2.05) is 0 Å². The standard InChI is InChI=1S/C17H13BrClFN4O3S/c1-7-10(27-6-9-5-22-16(19)23-14(9)21)3-8(12(18)13(7)20)4-11-15(25)24(2)17(26)28-11/h3-5H,6H2,1-2H3,(H2,21,22,23)/b11-4-. The second-order valence-corrected chi connectivity index (χ2v) is 7.92. The lowest BCUT2D eigenvalue weighted by Crippen LogP contribution is -2.22. The molecule has 1 fully saturated rings. The maximum Gasteiger partial charge on any atom is 0.293 e. The number of amides is 2. The van der Waals surface area contributed by atoms with Crippen molar-refractivity contribution >= 4 is 62.3 Å². The normalized spacial score (nSPS) is 15.6. The van der Waals surface area contributed by atoms with Crippen LogP contribution >= 0.6 is 39.3 Å². The lowest BCUT2D eigenvalue weighted by atomic mass is 10.1. The van der Waals surface area contributed by atoms with Gasteiger partial charge in [-0.3, -0.25) is 14.5 Å². The molecule has 3 rings (SSSR count). The largest absolute Gasteiger partial charge is 0.488 e. The van der Waals surface area contributed by atoms with Crippen LogP contribution in [0, 0.1) is 12.7 Å². The molecule has 0 atom stereocenters. The summed E-state index contributed by atoms with van der Waals surface area (Å²) >= 11 is 9.64. The molecule has 2 amide bonds. The zero-order valence-corrected chi connectivity index (χ0v) is 17.8. The van der Waals surface area contributed by atoms with Gasteiger partial charge in [-0.25, -0.2) is 14.4 Å². The third kappa shape index (κ3) is 3.98. The van der Waals surface area contributed by atoms with E-state index in [1.165, 1.54) is 19.3 Å². The van der Waals surface area contributed by atoms with Crippen LogP contribution in [-0.2, 0) is 11.4 Å². The number of nitrogens with two attached hydrogens (primary N) is 1. The van der Waals surface area contributed by atoms with Crippen LogP contribution in [0.5, 0.6) is 5.75 Å². The molecule has 1 aromatic carbocycles. The van der Waals surface area contributed by atoms with Crippen molar-refractivity contribution in [1.29, 1.82) is 0 Å². The third-order valence-corrected chi connectivity index (χ3v) is 5.91. The Labute approximate surface area is 177 Å². The summed E-state index contributed by atoms with van der Waals surface area (Å²) in [5.74, 6) is -0.583. The number of aromatic nitrogens is 2. The number of imide groups is 1. The number of likely N-dealkylation sites (N-methyl/N-ethyl adjacent to an activating group) is 1. The van der Waals surface area contributed by atoms with E-state index in [0.29, 0.717) is 11.1 Å². The molecule has 2 N–H and O–H groups in total. The van der Waals surface area contributed by atoms with E-state index in [2.05, 4.69) is 25.9 Å². The number of ether oxygens (including phenoxy) is 1. The molecule has 1 aromatic heterocycles. The first-order valence-corrected chi connectivity index (χ1v) is 9.77. The topological polar surface area (TPSA) is 98.4 Å². The van der Waals surface area contributed by atoms with Crippen molar-refractivity contribution in [3.63, 3.8) is 0 Å². The predicted molar refractivity (Wildman–Crippen MR) is 108 cm³/mol. The second kappa shape index (κ2) is 8.06. The van der Waals surface area contributed by atoms with Crippen LogP contribution in [0.4, 0.5) is 15.0 Å². The van der Waals surface area contributed by atoms with E-state index < -0.39 is 17.0 Å². The minimum atomic E-state index is -0.542. The summed E-state index contributed by atoms with van der Waals surface area (Å²) < 4.78 is 20.5. The quantitative estimate of drug-likeness (QED) is 0.510. The fourth-order valence-electron chi connectivity index (χ4n) is 2.32. The summed E-state index contributed by atoms with van der Waals surface area (Å²) in [5.41, 5.74) is 6.88. The summed E-state index contributed by atoms with van der Waals surface area (Å²) in [4.78, 5) is 32.6. The van der Waals surface area contributed by atoms with Gasteiger partial charge in [-0.1, -0.05) is 0 Å². The van der Waals surface area contributed by atoms with Gasteiger partial charge < -0.3 is 10.5 Å². The van der Waals surface area contributed by atoms with Crippen LogP contribution in [-0.4, -0.2) is 33.1 Å². The number of hydrogen-bond donors (Lipinski definition) is 1. The van der Waals surface area contributed by atoms with Crippen molar-refractivity contribution in [1.82, 2.24) is 14.9 Å². The van der Waals surface area contributed by atoms with Crippen LogP contribution in [0.3, 0.4) is 0 Å². The Morgan fingerprint density at radius 1 is 1.46 bits per heavy atom. The number of halogens is 3. The van der Waals surface area contributed by atoms with E-state index in [0.717, 1.165) is 16.7 Å². The molecule has 1 saturated heterocycles. The lowest BCUT2D eigenvalue weighted by Gasteiger charge is -2.13. The fraction of sp³-hybridized carbons (Fsp3) is 0.176. The van der Waals surface area contributed by atoms with Gasteiger partial charge in [-0.05, 0) is 63.9 Å². The highest BCUT2D eigenvalue weighted by atomic mass is 79.9. The third-order valence-electron chi connectivity index (χ3n) is 3.96. The maximum atomic E-state index is 14.6. The van der Waals surface area contributed by atoms with Crippen LogP contribution in [0.15, 0.2) is 21.6 Å². The molecule has 146 valence electrons. The highest BCUT2D eigenvalue weighted by Crippen LogP contribution is 2.36. The summed E-state index contributed by atoms with van der Waals surface area (Å²) in [7, 11) is 1.39. The lowest BCUT2D eigenvalue weighted by molar-refractivity contribution is -0.121. The molecule has 0 saturated carbocycles. The number of benzene rings is 1. The molecule has 7 nitrogen and oxygen atoms in total. The van der Waals surface area contributed by atoms with Crippen LogP contribution < -0.4 is 10.5 Å². The molecular weight excluding hydrogens is 475 g/mol. The Bertz CT molecular complexity index is 1030. The highest BCUT2D eigenvalue weighted by molar-refractivity contribution is 9.10. The van der Waals surface area contributed by atoms with Gasteiger partial charge in [0.15, 0.2) is 0 Å². The summed E-state index contributed by atoms with van der Waals surface area (Å²) in [6.45, 7) is 1.55. The van der Waals surface area contributed by atoms with E-state index in [9.17, 15) is 14.0 Å². The van der Waals surface area contributed by atoms with Crippen LogP contribution in [0.25, 0.3) is 6.08 Å². The summed E-state index contributed by atoms with van der Waals surface area (Å²) in [6.07, 6.45) is 2.86. The van der Waals surface area contributed by atoms with Gasteiger partial charge in [0.25, 0.3) is 11.1 Å². The predicted octanol–water partition coefficient (Wildman–Crippen LogP) is 4.17. The molecule has 1 aliphatic heterocycles. The molecule has 2 aromatic rings. The number of hydrogen-bond acceptors (Lipinski definition) is 7. The van der Waals surface area contributed by atoms with Crippen molar-refractivity contribution in [2.75, 3.05) is 12.8 Å². The molecule has 28 heavy (non-hydrogen) atoms.